The average molecular weight is 492 g/mol. The summed E-state index contributed by atoms with van der Waals surface area (Å²) in [6.07, 6.45) is 5.13. The van der Waals surface area contributed by atoms with Crippen LogP contribution < -0.4 is 10.1 Å². The summed E-state index contributed by atoms with van der Waals surface area (Å²) in [6, 6.07) is 12.7. The Bertz CT molecular complexity index is 1590. The van der Waals surface area contributed by atoms with Gasteiger partial charge in [0, 0.05) is 23.9 Å². The molecule has 0 fully saturated rings. The van der Waals surface area contributed by atoms with Gasteiger partial charge in [0.1, 0.15) is 29.5 Å². The highest BCUT2D eigenvalue weighted by Gasteiger charge is 2.13. The van der Waals surface area contributed by atoms with Gasteiger partial charge in [-0.3, -0.25) is 14.3 Å². The molecule has 174 valence electrons. The summed E-state index contributed by atoms with van der Waals surface area (Å²) in [7, 11) is 0. The Hall–Kier alpha value is -4.37. The number of nitrogens with one attached hydrogen (secondary N) is 1. The van der Waals surface area contributed by atoms with Gasteiger partial charge in [-0.2, -0.15) is 0 Å². The van der Waals surface area contributed by atoms with Crippen LogP contribution >= 0.6 is 11.6 Å². The quantitative estimate of drug-likeness (QED) is 0.321. The van der Waals surface area contributed by atoms with Crippen LogP contribution in [0, 0.1) is 18.6 Å². The Balaban J connectivity index is 1.34. The molecule has 2 heterocycles. The highest BCUT2D eigenvalue weighted by atomic mass is 35.5. The topological polar surface area (TPSA) is 81.9 Å². The van der Waals surface area contributed by atoms with Crippen molar-refractivity contribution in [3.05, 3.63) is 101 Å². The predicted octanol–water partition coefficient (Wildman–Crippen LogP) is 6.10. The molecule has 5 aromatic rings. The Morgan fingerprint density at radius 1 is 0.971 bits per heavy atom. The van der Waals surface area contributed by atoms with E-state index in [1.165, 1.54) is 24.3 Å². The second-order valence-corrected chi connectivity index (χ2v) is 8.03. The lowest BCUT2D eigenvalue weighted by Gasteiger charge is -2.10. The minimum Gasteiger partial charge on any atom is -0.457 e. The van der Waals surface area contributed by atoms with Gasteiger partial charge in [-0.1, -0.05) is 11.6 Å². The molecule has 0 saturated heterocycles. The lowest BCUT2D eigenvalue weighted by molar-refractivity contribution is 0.102. The molecule has 35 heavy (non-hydrogen) atoms. The van der Waals surface area contributed by atoms with Crippen molar-refractivity contribution in [3.8, 4) is 17.3 Å². The molecule has 5 rings (SSSR count). The standard InChI is InChI=1S/C25H16ClF2N5O2/c1-14-12-33(13-30-14)24-11-29-22-7-4-17(10-23(22)31-24)35-16-3-6-21(20(28)9-16)32-25(34)15-2-5-18(26)19(27)8-15/h2-13H,1H3,(H,32,34). The normalized spacial score (nSPS) is 11.0. The van der Waals surface area contributed by atoms with Crippen LogP contribution in [0.5, 0.6) is 11.5 Å². The van der Waals surface area contributed by atoms with Gasteiger partial charge < -0.3 is 10.1 Å². The van der Waals surface area contributed by atoms with Crippen molar-refractivity contribution < 1.29 is 18.3 Å². The first-order valence-corrected chi connectivity index (χ1v) is 10.7. The predicted molar refractivity (Wildman–Crippen MR) is 127 cm³/mol. The van der Waals surface area contributed by atoms with Crippen LogP contribution in [0.3, 0.4) is 0 Å². The van der Waals surface area contributed by atoms with Crippen molar-refractivity contribution in [2.45, 2.75) is 6.92 Å². The van der Waals surface area contributed by atoms with Crippen molar-refractivity contribution in [3.63, 3.8) is 0 Å². The highest BCUT2D eigenvalue weighted by Crippen LogP contribution is 2.28. The van der Waals surface area contributed by atoms with Crippen molar-refractivity contribution in [1.29, 1.82) is 0 Å². The van der Waals surface area contributed by atoms with Gasteiger partial charge in [0.15, 0.2) is 5.82 Å². The number of rotatable bonds is 5. The second-order valence-electron chi connectivity index (χ2n) is 7.63. The summed E-state index contributed by atoms with van der Waals surface area (Å²) in [6.45, 7) is 1.88. The molecule has 10 heteroatoms. The van der Waals surface area contributed by atoms with Crippen LogP contribution in [0.2, 0.25) is 5.02 Å². The van der Waals surface area contributed by atoms with Gasteiger partial charge in [-0.05, 0) is 49.4 Å². The molecule has 1 amide bonds. The van der Waals surface area contributed by atoms with Crippen molar-refractivity contribution in [1.82, 2.24) is 19.5 Å². The number of anilines is 1. The van der Waals surface area contributed by atoms with E-state index in [-0.39, 0.29) is 22.0 Å². The molecule has 2 aromatic heterocycles. The van der Waals surface area contributed by atoms with Gasteiger partial charge in [0.25, 0.3) is 5.91 Å². The molecule has 0 radical (unpaired) electrons. The number of aromatic nitrogens is 4. The van der Waals surface area contributed by atoms with Crippen molar-refractivity contribution >= 4 is 34.2 Å². The molecule has 3 aromatic carbocycles. The number of halogens is 3. The lowest BCUT2D eigenvalue weighted by Crippen LogP contribution is -2.13. The van der Waals surface area contributed by atoms with Gasteiger partial charge in [-0.25, -0.2) is 18.7 Å². The van der Waals surface area contributed by atoms with Gasteiger partial charge >= 0.3 is 0 Å². The van der Waals surface area contributed by atoms with Gasteiger partial charge in [0.05, 0.1) is 33.6 Å². The third kappa shape index (κ3) is 4.80. The van der Waals surface area contributed by atoms with E-state index in [4.69, 9.17) is 16.3 Å². The van der Waals surface area contributed by atoms with Crippen molar-refractivity contribution in [2.75, 3.05) is 5.32 Å². The highest BCUT2D eigenvalue weighted by molar-refractivity contribution is 6.30. The molecule has 0 aliphatic rings. The van der Waals surface area contributed by atoms with E-state index in [0.717, 1.165) is 17.8 Å². The van der Waals surface area contributed by atoms with Gasteiger partial charge in [0.2, 0.25) is 0 Å². The van der Waals surface area contributed by atoms with E-state index >= 15 is 0 Å². The molecule has 0 aliphatic heterocycles. The molecule has 0 aliphatic carbocycles. The van der Waals surface area contributed by atoms with Crippen LogP contribution in [-0.2, 0) is 0 Å². The molecule has 7 nitrogen and oxygen atoms in total. The molecule has 1 N–H and O–H groups in total. The summed E-state index contributed by atoms with van der Waals surface area (Å²) < 4.78 is 35.8. The molecule has 0 bridgehead atoms. The first kappa shape index (κ1) is 22.4. The average Bonchev–Trinajstić information content (AvgIpc) is 3.28. The first-order chi connectivity index (χ1) is 16.9. The largest absolute Gasteiger partial charge is 0.457 e. The fourth-order valence-electron chi connectivity index (χ4n) is 3.34. The van der Waals surface area contributed by atoms with Crippen LogP contribution in [0.25, 0.3) is 16.9 Å². The van der Waals surface area contributed by atoms with Crippen LogP contribution in [0.4, 0.5) is 14.5 Å². The fourth-order valence-corrected chi connectivity index (χ4v) is 3.46. The summed E-state index contributed by atoms with van der Waals surface area (Å²) in [5.41, 5.74) is 2.04. The zero-order chi connectivity index (χ0) is 24.5. The monoisotopic (exact) mass is 491 g/mol. The SMILES string of the molecule is Cc1cn(-c2cnc3ccc(Oc4ccc(NC(=O)c5ccc(Cl)c(F)c5)c(F)c4)cc3n2)cn1. The van der Waals surface area contributed by atoms with E-state index in [2.05, 4.69) is 20.3 Å². The van der Waals surface area contributed by atoms with E-state index in [1.54, 1.807) is 35.3 Å². The van der Waals surface area contributed by atoms with Gasteiger partial charge in [-0.15, -0.1) is 0 Å². The Kier molecular flexibility index (Phi) is 5.84. The molecule has 0 atom stereocenters. The minimum atomic E-state index is -0.740. The number of amides is 1. The smallest absolute Gasteiger partial charge is 0.255 e. The van der Waals surface area contributed by atoms with Crippen LogP contribution in [0.15, 0.2) is 73.3 Å². The van der Waals surface area contributed by atoms with Crippen LogP contribution in [-0.4, -0.2) is 25.4 Å². The van der Waals surface area contributed by atoms with Crippen molar-refractivity contribution in [2.24, 2.45) is 0 Å². The summed E-state index contributed by atoms with van der Waals surface area (Å²) in [5, 5.41) is 2.30. The number of imidazole rings is 1. The zero-order valence-electron chi connectivity index (χ0n) is 18.2. The number of hydrogen-bond acceptors (Lipinski definition) is 5. The zero-order valence-corrected chi connectivity index (χ0v) is 18.9. The Morgan fingerprint density at radius 3 is 2.51 bits per heavy atom. The second kappa shape index (κ2) is 9.11. The number of fused-ring (bicyclic) bond motifs is 1. The summed E-state index contributed by atoms with van der Waals surface area (Å²) in [5.74, 6) is -0.892. The Labute approximate surface area is 203 Å². The number of carbonyl (C=O) groups excluding carboxylic acids is 1. The molecular weight excluding hydrogens is 476 g/mol. The molecule has 0 unspecified atom stereocenters. The van der Waals surface area contributed by atoms with E-state index in [0.29, 0.717) is 22.6 Å². The maximum Gasteiger partial charge on any atom is 0.255 e. The lowest BCUT2D eigenvalue weighted by atomic mass is 10.2. The Morgan fingerprint density at radius 2 is 1.77 bits per heavy atom. The number of carbonyl (C=O) groups is 1. The number of nitrogens with zero attached hydrogens (tertiary/aromatic N) is 4. The van der Waals surface area contributed by atoms with E-state index in [1.807, 2.05) is 13.1 Å². The maximum atomic E-state index is 14.6. The molecule has 0 spiro atoms. The van der Waals surface area contributed by atoms with Crippen LogP contribution in [0.1, 0.15) is 16.1 Å². The number of hydrogen-bond donors (Lipinski definition) is 1. The van der Waals surface area contributed by atoms with E-state index in [9.17, 15) is 13.6 Å². The number of benzene rings is 3. The molecule has 0 saturated carbocycles. The van der Waals surface area contributed by atoms with E-state index < -0.39 is 17.5 Å². The third-order valence-corrected chi connectivity index (χ3v) is 5.39. The third-order valence-electron chi connectivity index (χ3n) is 5.08. The molecular formula is C25H16ClF2N5O2. The fraction of sp³-hybridized carbons (Fsp3) is 0.0400. The first-order valence-electron chi connectivity index (χ1n) is 10.4. The summed E-state index contributed by atoms with van der Waals surface area (Å²) >= 11 is 5.63. The maximum absolute atomic E-state index is 14.6. The number of ether oxygens (including phenoxy) is 1. The minimum absolute atomic E-state index is 0.00845. The summed E-state index contributed by atoms with van der Waals surface area (Å²) in [4.78, 5) is 25.5. The number of aryl methyl sites for hydroxylation is 1.